The van der Waals surface area contributed by atoms with E-state index in [4.69, 9.17) is 4.84 Å². The highest BCUT2D eigenvalue weighted by Crippen LogP contribution is 2.14. The average molecular weight is 316 g/mol. The van der Waals surface area contributed by atoms with Crippen molar-refractivity contribution in [2.45, 2.75) is 25.8 Å². The Morgan fingerprint density at radius 2 is 2.35 bits per heavy atom. The molecule has 2 aromatic rings. The Kier molecular flexibility index (Phi) is 5.28. The SMILES string of the molecule is O=C(CCN1CCCCO1)NCc1cccc(-c2nn[nH]n2)c1. The third-order valence-electron chi connectivity index (χ3n) is 3.68. The second-order valence-electron chi connectivity index (χ2n) is 5.43. The summed E-state index contributed by atoms with van der Waals surface area (Å²) in [5.41, 5.74) is 1.86. The van der Waals surface area contributed by atoms with Crippen molar-refractivity contribution < 1.29 is 9.63 Å². The Morgan fingerprint density at radius 3 is 3.13 bits per heavy atom. The molecule has 0 unspecified atom stereocenters. The predicted molar refractivity (Wildman–Crippen MR) is 82.8 cm³/mol. The van der Waals surface area contributed by atoms with Crippen molar-refractivity contribution in [3.63, 3.8) is 0 Å². The number of nitrogens with zero attached hydrogens (tertiary/aromatic N) is 4. The summed E-state index contributed by atoms with van der Waals surface area (Å²) >= 11 is 0. The Bertz CT molecular complexity index is 625. The van der Waals surface area contributed by atoms with Gasteiger partial charge in [-0.15, -0.1) is 10.2 Å². The van der Waals surface area contributed by atoms with Crippen molar-refractivity contribution in [1.82, 2.24) is 31.0 Å². The normalized spacial score (nSPS) is 15.5. The molecule has 0 atom stereocenters. The summed E-state index contributed by atoms with van der Waals surface area (Å²) < 4.78 is 0. The summed E-state index contributed by atoms with van der Waals surface area (Å²) in [5.74, 6) is 0.560. The zero-order valence-corrected chi connectivity index (χ0v) is 12.9. The van der Waals surface area contributed by atoms with Crippen LogP contribution in [0.2, 0.25) is 0 Å². The molecule has 1 fully saturated rings. The van der Waals surface area contributed by atoms with Crippen LogP contribution in [0.4, 0.5) is 0 Å². The number of hydroxylamine groups is 2. The number of rotatable bonds is 6. The minimum atomic E-state index is 0.0177. The zero-order valence-electron chi connectivity index (χ0n) is 12.9. The summed E-state index contributed by atoms with van der Waals surface area (Å²) in [4.78, 5) is 17.4. The number of carbonyl (C=O) groups is 1. The van der Waals surface area contributed by atoms with Crippen LogP contribution in [0.3, 0.4) is 0 Å². The Hall–Kier alpha value is -2.32. The second kappa shape index (κ2) is 7.80. The fraction of sp³-hybridized carbons (Fsp3) is 0.467. The number of aromatic nitrogens is 4. The zero-order chi connectivity index (χ0) is 15.9. The average Bonchev–Trinajstić information content (AvgIpc) is 3.14. The van der Waals surface area contributed by atoms with E-state index < -0.39 is 0 Å². The highest BCUT2D eigenvalue weighted by Gasteiger charge is 2.12. The molecule has 2 heterocycles. The van der Waals surface area contributed by atoms with Crippen molar-refractivity contribution in [3.8, 4) is 11.4 Å². The molecule has 1 saturated heterocycles. The van der Waals surface area contributed by atoms with Crippen LogP contribution in [0.15, 0.2) is 24.3 Å². The van der Waals surface area contributed by atoms with Gasteiger partial charge in [0.05, 0.1) is 6.61 Å². The quantitative estimate of drug-likeness (QED) is 0.822. The molecule has 0 aliphatic carbocycles. The summed E-state index contributed by atoms with van der Waals surface area (Å²) in [5, 5.41) is 18.7. The molecular formula is C15H20N6O2. The van der Waals surface area contributed by atoms with E-state index in [-0.39, 0.29) is 5.91 Å². The summed E-state index contributed by atoms with van der Waals surface area (Å²) in [7, 11) is 0. The fourth-order valence-electron chi connectivity index (χ4n) is 2.44. The maximum absolute atomic E-state index is 11.9. The lowest BCUT2D eigenvalue weighted by molar-refractivity contribution is -0.181. The van der Waals surface area contributed by atoms with E-state index in [0.717, 1.165) is 37.1 Å². The third kappa shape index (κ3) is 4.57. The lowest BCUT2D eigenvalue weighted by atomic mass is 10.1. The molecule has 0 radical (unpaired) electrons. The van der Waals surface area contributed by atoms with Crippen LogP contribution in [0, 0.1) is 0 Å². The predicted octanol–water partition coefficient (Wildman–Crippen LogP) is 0.900. The van der Waals surface area contributed by atoms with Crippen LogP contribution >= 0.6 is 0 Å². The molecule has 1 aliphatic rings. The Morgan fingerprint density at radius 1 is 1.39 bits per heavy atom. The van der Waals surface area contributed by atoms with E-state index in [1.165, 1.54) is 0 Å². The van der Waals surface area contributed by atoms with Crippen LogP contribution in [0.25, 0.3) is 11.4 Å². The Balaban J connectivity index is 1.46. The van der Waals surface area contributed by atoms with Crippen LogP contribution in [-0.4, -0.2) is 51.3 Å². The molecule has 0 spiro atoms. The van der Waals surface area contributed by atoms with Gasteiger partial charge in [0.1, 0.15) is 0 Å². The van der Waals surface area contributed by atoms with Gasteiger partial charge >= 0.3 is 0 Å². The fourth-order valence-corrected chi connectivity index (χ4v) is 2.44. The first-order valence-electron chi connectivity index (χ1n) is 7.78. The Labute approximate surface area is 134 Å². The van der Waals surface area contributed by atoms with Crippen LogP contribution < -0.4 is 5.32 Å². The van der Waals surface area contributed by atoms with Crippen molar-refractivity contribution in [1.29, 1.82) is 0 Å². The van der Waals surface area contributed by atoms with Gasteiger partial charge in [0.2, 0.25) is 11.7 Å². The number of nitrogens with one attached hydrogen (secondary N) is 2. The molecule has 1 amide bonds. The molecule has 23 heavy (non-hydrogen) atoms. The molecule has 2 N–H and O–H groups in total. The number of H-pyrrole nitrogens is 1. The molecule has 1 aliphatic heterocycles. The monoisotopic (exact) mass is 316 g/mol. The third-order valence-corrected chi connectivity index (χ3v) is 3.68. The number of tetrazole rings is 1. The van der Waals surface area contributed by atoms with Crippen molar-refractivity contribution in [3.05, 3.63) is 29.8 Å². The first-order chi connectivity index (χ1) is 11.3. The van der Waals surface area contributed by atoms with Gasteiger partial charge in [-0.1, -0.05) is 18.2 Å². The topological polar surface area (TPSA) is 96.0 Å². The maximum atomic E-state index is 11.9. The summed E-state index contributed by atoms with van der Waals surface area (Å²) in [6, 6.07) is 7.72. The molecular weight excluding hydrogens is 296 g/mol. The number of hydrogen-bond donors (Lipinski definition) is 2. The van der Waals surface area contributed by atoms with Crippen molar-refractivity contribution >= 4 is 5.91 Å². The highest BCUT2D eigenvalue weighted by atomic mass is 16.7. The maximum Gasteiger partial charge on any atom is 0.221 e. The van der Waals surface area contributed by atoms with Crippen LogP contribution in [-0.2, 0) is 16.2 Å². The van der Waals surface area contributed by atoms with Gasteiger partial charge in [0.15, 0.2) is 0 Å². The van der Waals surface area contributed by atoms with E-state index in [1.54, 1.807) is 0 Å². The van der Waals surface area contributed by atoms with Crippen molar-refractivity contribution in [2.75, 3.05) is 19.7 Å². The first-order valence-corrected chi connectivity index (χ1v) is 7.78. The van der Waals surface area contributed by atoms with Gasteiger partial charge in [-0.3, -0.25) is 9.63 Å². The van der Waals surface area contributed by atoms with Gasteiger partial charge in [-0.2, -0.15) is 10.3 Å². The number of carbonyl (C=O) groups excluding carboxylic acids is 1. The van der Waals surface area contributed by atoms with E-state index in [0.29, 0.717) is 25.3 Å². The molecule has 3 rings (SSSR count). The van der Waals surface area contributed by atoms with E-state index >= 15 is 0 Å². The molecule has 8 heteroatoms. The smallest absolute Gasteiger partial charge is 0.221 e. The van der Waals surface area contributed by atoms with Gasteiger partial charge < -0.3 is 5.32 Å². The number of aromatic amines is 1. The largest absolute Gasteiger partial charge is 0.352 e. The van der Waals surface area contributed by atoms with E-state index in [2.05, 4.69) is 25.9 Å². The molecule has 1 aromatic heterocycles. The lowest BCUT2D eigenvalue weighted by Crippen LogP contribution is -2.34. The highest BCUT2D eigenvalue weighted by molar-refractivity contribution is 5.76. The molecule has 0 saturated carbocycles. The number of amides is 1. The first kappa shape index (κ1) is 15.6. The minimum Gasteiger partial charge on any atom is -0.352 e. The molecule has 1 aromatic carbocycles. The molecule has 0 bridgehead atoms. The van der Waals surface area contributed by atoms with Gasteiger partial charge in [-0.25, -0.2) is 0 Å². The van der Waals surface area contributed by atoms with Crippen LogP contribution in [0.1, 0.15) is 24.8 Å². The lowest BCUT2D eigenvalue weighted by Gasteiger charge is -2.25. The minimum absolute atomic E-state index is 0.0177. The van der Waals surface area contributed by atoms with E-state index in [1.807, 2.05) is 29.3 Å². The molecule has 8 nitrogen and oxygen atoms in total. The van der Waals surface area contributed by atoms with Gasteiger partial charge in [0, 0.05) is 31.6 Å². The van der Waals surface area contributed by atoms with E-state index in [9.17, 15) is 4.79 Å². The van der Waals surface area contributed by atoms with Crippen LogP contribution in [0.5, 0.6) is 0 Å². The van der Waals surface area contributed by atoms with Gasteiger partial charge in [0.25, 0.3) is 0 Å². The van der Waals surface area contributed by atoms with Crippen molar-refractivity contribution in [2.24, 2.45) is 0 Å². The second-order valence-corrected chi connectivity index (χ2v) is 5.43. The van der Waals surface area contributed by atoms with Gasteiger partial charge in [-0.05, 0) is 29.7 Å². The standard InChI is InChI=1S/C15H20N6O2/c22-14(6-8-21-7-1-2-9-23-21)16-11-12-4-3-5-13(10-12)15-17-19-20-18-15/h3-5,10H,1-2,6-9,11H2,(H,16,22)(H,17,18,19,20). The summed E-state index contributed by atoms with van der Waals surface area (Å²) in [6.07, 6.45) is 2.66. The number of hydrogen-bond acceptors (Lipinski definition) is 6. The number of benzene rings is 1. The summed E-state index contributed by atoms with van der Waals surface area (Å²) in [6.45, 7) is 2.77. The molecule has 122 valence electrons.